The van der Waals surface area contributed by atoms with Gasteiger partial charge in [-0.15, -0.1) is 0 Å². The zero-order chi connectivity index (χ0) is 12.8. The topological polar surface area (TPSA) is 21.3 Å². The lowest BCUT2D eigenvalue weighted by Gasteiger charge is -2.14. The van der Waals surface area contributed by atoms with Crippen molar-refractivity contribution in [3.63, 3.8) is 0 Å². The van der Waals surface area contributed by atoms with Crippen molar-refractivity contribution in [2.24, 2.45) is 0 Å². The molecule has 0 bridgehead atoms. The van der Waals surface area contributed by atoms with E-state index in [2.05, 4.69) is 36.5 Å². The van der Waals surface area contributed by atoms with Gasteiger partial charge in [0.25, 0.3) is 0 Å². The standard InChI is InChI=1S/C16H25NO/c1-3-4-5-13-6-9-15(10-7-13)18-16-11-8-14(12-16)17-2/h6-7,9-10,14,16-17H,3-5,8,11-12H2,1-2H3. The van der Waals surface area contributed by atoms with E-state index in [1.165, 1.54) is 37.7 Å². The zero-order valence-corrected chi connectivity index (χ0v) is 11.6. The third kappa shape index (κ3) is 3.74. The van der Waals surface area contributed by atoms with Gasteiger partial charge < -0.3 is 10.1 Å². The van der Waals surface area contributed by atoms with E-state index in [9.17, 15) is 0 Å². The quantitative estimate of drug-likeness (QED) is 0.830. The zero-order valence-electron chi connectivity index (χ0n) is 11.6. The first-order chi connectivity index (χ1) is 8.81. The molecule has 18 heavy (non-hydrogen) atoms. The Balaban J connectivity index is 1.83. The lowest BCUT2D eigenvalue weighted by molar-refractivity contribution is 0.206. The summed E-state index contributed by atoms with van der Waals surface area (Å²) in [4.78, 5) is 0. The molecule has 2 atom stereocenters. The molecular weight excluding hydrogens is 222 g/mol. The van der Waals surface area contributed by atoms with E-state index < -0.39 is 0 Å². The fourth-order valence-electron chi connectivity index (χ4n) is 2.62. The largest absolute Gasteiger partial charge is 0.490 e. The van der Waals surface area contributed by atoms with Crippen LogP contribution >= 0.6 is 0 Å². The van der Waals surface area contributed by atoms with Crippen LogP contribution in [0.3, 0.4) is 0 Å². The number of nitrogens with one attached hydrogen (secondary N) is 1. The summed E-state index contributed by atoms with van der Waals surface area (Å²) in [5.41, 5.74) is 1.42. The van der Waals surface area contributed by atoms with E-state index in [0.29, 0.717) is 12.1 Å². The fraction of sp³-hybridized carbons (Fsp3) is 0.625. The van der Waals surface area contributed by atoms with Crippen LogP contribution in [0.2, 0.25) is 0 Å². The highest BCUT2D eigenvalue weighted by atomic mass is 16.5. The number of hydrogen-bond acceptors (Lipinski definition) is 2. The molecule has 0 amide bonds. The van der Waals surface area contributed by atoms with Gasteiger partial charge in [0.2, 0.25) is 0 Å². The van der Waals surface area contributed by atoms with Crippen molar-refractivity contribution in [3.8, 4) is 5.75 Å². The van der Waals surface area contributed by atoms with Gasteiger partial charge in [-0.05, 0) is 56.8 Å². The first kappa shape index (κ1) is 13.4. The Morgan fingerprint density at radius 1 is 1.22 bits per heavy atom. The molecule has 1 fully saturated rings. The van der Waals surface area contributed by atoms with Crippen LogP contribution in [0.1, 0.15) is 44.6 Å². The number of hydrogen-bond donors (Lipinski definition) is 1. The Hall–Kier alpha value is -1.02. The van der Waals surface area contributed by atoms with Gasteiger partial charge in [0.1, 0.15) is 11.9 Å². The minimum Gasteiger partial charge on any atom is -0.490 e. The first-order valence-electron chi connectivity index (χ1n) is 7.24. The summed E-state index contributed by atoms with van der Waals surface area (Å²) in [6, 6.07) is 9.29. The summed E-state index contributed by atoms with van der Waals surface area (Å²) in [7, 11) is 2.04. The van der Waals surface area contributed by atoms with E-state index >= 15 is 0 Å². The van der Waals surface area contributed by atoms with Gasteiger partial charge in [-0.3, -0.25) is 0 Å². The van der Waals surface area contributed by atoms with Crippen LogP contribution in [0.15, 0.2) is 24.3 Å². The predicted molar refractivity (Wildman–Crippen MR) is 76.2 cm³/mol. The molecule has 1 aliphatic carbocycles. The molecule has 1 aromatic rings. The van der Waals surface area contributed by atoms with Crippen molar-refractivity contribution in [2.75, 3.05) is 7.05 Å². The highest BCUT2D eigenvalue weighted by Gasteiger charge is 2.24. The van der Waals surface area contributed by atoms with Crippen LogP contribution in [0.4, 0.5) is 0 Å². The van der Waals surface area contributed by atoms with Crippen LogP contribution < -0.4 is 10.1 Å². The number of ether oxygens (including phenoxy) is 1. The maximum atomic E-state index is 6.03. The summed E-state index contributed by atoms with van der Waals surface area (Å²) < 4.78 is 6.03. The molecule has 0 aliphatic heterocycles. The van der Waals surface area contributed by atoms with Gasteiger partial charge >= 0.3 is 0 Å². The van der Waals surface area contributed by atoms with E-state index in [-0.39, 0.29) is 0 Å². The smallest absolute Gasteiger partial charge is 0.119 e. The maximum Gasteiger partial charge on any atom is 0.119 e. The Kier molecular flexibility index (Phi) is 5.06. The molecule has 0 saturated heterocycles. The molecule has 100 valence electrons. The molecule has 1 aliphatic rings. The number of rotatable bonds is 6. The number of benzene rings is 1. The van der Waals surface area contributed by atoms with E-state index in [4.69, 9.17) is 4.74 Å². The van der Waals surface area contributed by atoms with Crippen LogP contribution in [-0.4, -0.2) is 19.2 Å². The van der Waals surface area contributed by atoms with Gasteiger partial charge in [0.15, 0.2) is 0 Å². The Morgan fingerprint density at radius 2 is 2.00 bits per heavy atom. The summed E-state index contributed by atoms with van der Waals surface area (Å²) in [6.07, 6.45) is 7.64. The molecular formula is C16H25NO. The normalized spacial score (nSPS) is 23.2. The predicted octanol–water partition coefficient (Wildman–Crippen LogP) is 3.55. The van der Waals surface area contributed by atoms with E-state index in [0.717, 1.165) is 12.2 Å². The number of aryl methyl sites for hydroxylation is 1. The fourth-order valence-corrected chi connectivity index (χ4v) is 2.62. The van der Waals surface area contributed by atoms with Crippen molar-refractivity contribution in [2.45, 2.75) is 57.6 Å². The summed E-state index contributed by atoms with van der Waals surface area (Å²) in [6.45, 7) is 2.23. The van der Waals surface area contributed by atoms with E-state index in [1.54, 1.807) is 0 Å². The molecule has 0 aromatic heterocycles. The van der Waals surface area contributed by atoms with Crippen LogP contribution in [0.25, 0.3) is 0 Å². The van der Waals surface area contributed by atoms with Crippen molar-refractivity contribution < 1.29 is 4.74 Å². The van der Waals surface area contributed by atoms with Crippen molar-refractivity contribution in [3.05, 3.63) is 29.8 Å². The maximum absolute atomic E-state index is 6.03. The second kappa shape index (κ2) is 6.79. The average molecular weight is 247 g/mol. The minimum atomic E-state index is 0.393. The molecule has 2 heteroatoms. The summed E-state index contributed by atoms with van der Waals surface area (Å²) in [5.74, 6) is 1.03. The molecule has 1 saturated carbocycles. The second-order valence-electron chi connectivity index (χ2n) is 5.29. The van der Waals surface area contributed by atoms with Crippen molar-refractivity contribution in [1.29, 1.82) is 0 Å². The Labute approximate surface area is 111 Å². The van der Waals surface area contributed by atoms with Gasteiger partial charge in [0, 0.05) is 6.04 Å². The third-order valence-corrected chi connectivity index (χ3v) is 3.84. The van der Waals surface area contributed by atoms with Crippen LogP contribution in [-0.2, 0) is 6.42 Å². The number of unbranched alkanes of at least 4 members (excludes halogenated alkanes) is 1. The molecule has 1 N–H and O–H groups in total. The van der Waals surface area contributed by atoms with E-state index in [1.807, 2.05) is 7.05 Å². The first-order valence-corrected chi connectivity index (χ1v) is 7.24. The lowest BCUT2D eigenvalue weighted by atomic mass is 10.1. The minimum absolute atomic E-state index is 0.393. The molecule has 2 unspecified atom stereocenters. The highest BCUT2D eigenvalue weighted by molar-refractivity contribution is 5.27. The highest BCUT2D eigenvalue weighted by Crippen LogP contribution is 2.24. The van der Waals surface area contributed by atoms with Crippen LogP contribution in [0, 0.1) is 0 Å². The Morgan fingerprint density at radius 3 is 2.61 bits per heavy atom. The molecule has 0 spiro atoms. The SMILES string of the molecule is CCCCc1ccc(OC2CCC(NC)C2)cc1. The van der Waals surface area contributed by atoms with Gasteiger partial charge in [-0.25, -0.2) is 0 Å². The van der Waals surface area contributed by atoms with Gasteiger partial charge in [-0.1, -0.05) is 25.5 Å². The second-order valence-corrected chi connectivity index (χ2v) is 5.29. The average Bonchev–Trinajstić information content (AvgIpc) is 2.86. The molecule has 1 aromatic carbocycles. The van der Waals surface area contributed by atoms with Crippen molar-refractivity contribution in [1.82, 2.24) is 5.32 Å². The lowest BCUT2D eigenvalue weighted by Crippen LogP contribution is -2.23. The molecule has 2 nitrogen and oxygen atoms in total. The van der Waals surface area contributed by atoms with Crippen LogP contribution in [0.5, 0.6) is 5.75 Å². The summed E-state index contributed by atoms with van der Waals surface area (Å²) >= 11 is 0. The molecule has 2 rings (SSSR count). The van der Waals surface area contributed by atoms with Gasteiger partial charge in [-0.2, -0.15) is 0 Å². The monoisotopic (exact) mass is 247 g/mol. The third-order valence-electron chi connectivity index (χ3n) is 3.84. The summed E-state index contributed by atoms with van der Waals surface area (Å²) in [5, 5.41) is 3.33. The van der Waals surface area contributed by atoms with Crippen molar-refractivity contribution >= 4 is 0 Å². The molecule has 0 heterocycles. The van der Waals surface area contributed by atoms with Gasteiger partial charge in [0.05, 0.1) is 0 Å². The molecule has 0 radical (unpaired) electrons. The Bertz CT molecular complexity index is 347.